The van der Waals surface area contributed by atoms with Crippen molar-refractivity contribution >= 4 is 89.5 Å². The molecule has 4 aromatic heterocycles. The Hall–Kier alpha value is -11.9. The maximum Gasteiger partial charge on any atom is 0.226 e. The minimum atomic E-state index is -0.418. The minimum absolute atomic E-state index is 0.00222. The van der Waals surface area contributed by atoms with Gasteiger partial charge in [-0.1, -0.05) is 303 Å². The average molecular weight is 1360 g/mol. The quantitative estimate of drug-likeness (QED) is 0.135. The van der Waals surface area contributed by atoms with Gasteiger partial charge >= 0.3 is 0 Å². The highest BCUT2D eigenvalue weighted by Gasteiger charge is 2.16. The van der Waals surface area contributed by atoms with E-state index in [0.29, 0.717) is 51.9 Å². The third-order valence-electron chi connectivity index (χ3n) is 15.3. The zero-order valence-electron chi connectivity index (χ0n) is 59.3. The lowest BCUT2D eigenvalue weighted by atomic mass is 10.0. The van der Waals surface area contributed by atoms with Crippen molar-refractivity contribution in [2.24, 2.45) is 0 Å². The number of hydrogen-bond donors (Lipinski definition) is 0. The molecular formula is C82H52Cl4N12. The predicted octanol–water partition coefficient (Wildman–Crippen LogP) is 21.7. The van der Waals surface area contributed by atoms with Crippen LogP contribution in [0.15, 0.2) is 315 Å². The second-order valence-corrected chi connectivity index (χ2v) is 23.0. The lowest BCUT2D eigenvalue weighted by Gasteiger charge is -2.09. The molecule has 0 N–H and O–H groups in total. The van der Waals surface area contributed by atoms with Crippen LogP contribution < -0.4 is 0 Å². The SMILES string of the molecule is Clc1nc(-c2ccc3ccccc3c2)nc(-c2ccc3ccccc3c2)n1.Clc1nc(-c2cccc3ccccc23)nc(-c2cccc3ccccc23)n1.[2H]c1c([2H])c([2H])c(-c2ccc(-c3nc(Cl)nc(-c4ccccc4)n3)cc2)c([2H])c1[2H].[2H]c1cc([2H])c(-c2nc(Cl)nc(-c3ccccc3)n2)c([2H])c1. The predicted molar refractivity (Wildman–Crippen MR) is 398 cm³/mol. The van der Waals surface area contributed by atoms with Gasteiger partial charge < -0.3 is 0 Å². The molecule has 98 heavy (non-hydrogen) atoms. The summed E-state index contributed by atoms with van der Waals surface area (Å²) in [6.07, 6.45) is 0. The molecule has 0 bridgehead atoms. The maximum absolute atomic E-state index is 8.12. The fourth-order valence-electron chi connectivity index (χ4n) is 10.7. The van der Waals surface area contributed by atoms with Crippen LogP contribution in [0.1, 0.15) is 11.0 Å². The largest absolute Gasteiger partial charge is 0.226 e. The van der Waals surface area contributed by atoms with E-state index in [4.69, 9.17) is 62.4 Å². The van der Waals surface area contributed by atoms with Crippen molar-refractivity contribution in [3.8, 4) is 102 Å². The van der Waals surface area contributed by atoms with E-state index >= 15 is 0 Å². The number of fused-ring (bicyclic) bond motifs is 4. The Kier molecular flexibility index (Phi) is 16.5. The maximum atomic E-state index is 8.12. The number of halogens is 4. The Morgan fingerprint density at radius 3 is 0.949 bits per heavy atom. The molecule has 0 saturated heterocycles. The third-order valence-corrected chi connectivity index (χ3v) is 16.0. The Bertz CT molecular complexity index is 5920. The molecule has 0 atom stereocenters. The first-order valence-electron chi connectivity index (χ1n) is 34.4. The Morgan fingerprint density at radius 2 is 0.510 bits per heavy atom. The Labute approximate surface area is 595 Å². The standard InChI is InChI=1S/2C23H14ClN3.C21H14ClN3.C15H10ClN3/c24-23-26-21(19-13-5-9-15-7-1-3-11-17(15)19)25-22(27-23)20-14-6-10-16-8-2-4-12-18(16)20;24-23-26-21(19-11-9-15-5-1-3-7-17(15)13-19)25-22(27-23)20-12-10-16-6-2-4-8-18(16)14-20;22-21-24-19(17-9-5-2-6-10-17)23-20(25-21)18-13-11-16(12-14-18)15-7-3-1-4-8-15;16-15-18-13(11-7-3-1-4-8-11)17-14(19-15)12-9-5-2-6-10-12/h2*1-14H;1-14H;1-10H/i;;1D,3D,4D,7D,8D;1D,7D,8D. The number of benzene rings is 13. The molecule has 0 aliphatic carbocycles. The van der Waals surface area contributed by atoms with Crippen LogP contribution in [-0.4, -0.2) is 59.8 Å². The molecule has 0 radical (unpaired) electrons. The van der Waals surface area contributed by atoms with Gasteiger partial charge in [-0.3, -0.25) is 0 Å². The summed E-state index contributed by atoms with van der Waals surface area (Å²) in [6.45, 7) is 0. The summed E-state index contributed by atoms with van der Waals surface area (Å²) in [5, 5.41) is 9.52. The number of aromatic nitrogens is 12. The van der Waals surface area contributed by atoms with Gasteiger partial charge in [0.15, 0.2) is 46.6 Å². The Balaban J connectivity index is 0.000000119. The number of nitrogens with zero attached hydrogens (tertiary/aromatic N) is 12. The van der Waals surface area contributed by atoms with Gasteiger partial charge in [0.25, 0.3) is 0 Å². The van der Waals surface area contributed by atoms with Crippen LogP contribution in [0, 0.1) is 0 Å². The van der Waals surface area contributed by atoms with E-state index in [1.54, 1.807) is 24.3 Å². The molecule has 16 heteroatoms. The van der Waals surface area contributed by atoms with Gasteiger partial charge in [-0.05, 0) is 113 Å². The molecule has 13 aromatic carbocycles. The Morgan fingerprint density at radius 1 is 0.194 bits per heavy atom. The van der Waals surface area contributed by atoms with Crippen molar-refractivity contribution in [2.75, 3.05) is 0 Å². The van der Waals surface area contributed by atoms with E-state index < -0.39 is 6.04 Å². The molecule has 0 spiro atoms. The van der Waals surface area contributed by atoms with Crippen molar-refractivity contribution in [1.29, 1.82) is 0 Å². The van der Waals surface area contributed by atoms with Crippen LogP contribution >= 0.6 is 46.4 Å². The first kappa shape index (κ1) is 54.4. The van der Waals surface area contributed by atoms with Crippen molar-refractivity contribution in [2.45, 2.75) is 0 Å². The van der Waals surface area contributed by atoms with Crippen molar-refractivity contribution in [1.82, 2.24) is 59.8 Å². The molecule has 17 aromatic rings. The molecular weight excluding hydrogens is 1290 g/mol. The summed E-state index contributed by atoms with van der Waals surface area (Å²) in [6, 6.07) is 83.9. The lowest BCUT2D eigenvalue weighted by molar-refractivity contribution is 1.07. The van der Waals surface area contributed by atoms with Crippen LogP contribution in [-0.2, 0) is 0 Å². The smallest absolute Gasteiger partial charge is 0.208 e. The van der Waals surface area contributed by atoms with Gasteiger partial charge in [0.1, 0.15) is 0 Å². The van der Waals surface area contributed by atoms with E-state index in [9.17, 15) is 0 Å². The molecule has 4 heterocycles. The van der Waals surface area contributed by atoms with Gasteiger partial charge in [0.05, 0.1) is 11.0 Å². The summed E-state index contributed by atoms with van der Waals surface area (Å²) in [5.74, 6) is 3.66. The fraction of sp³-hybridized carbons (Fsp3) is 0. The molecule has 0 aliphatic rings. The molecule has 0 aliphatic heterocycles. The lowest BCUT2D eigenvalue weighted by Crippen LogP contribution is -1.98. The molecule has 0 unspecified atom stereocenters. The number of rotatable bonds is 9. The average Bonchev–Trinajstić information content (AvgIpc) is 0.789. The van der Waals surface area contributed by atoms with Crippen LogP contribution in [0.5, 0.6) is 0 Å². The zero-order chi connectivity index (χ0) is 73.5. The van der Waals surface area contributed by atoms with Crippen LogP contribution in [0.3, 0.4) is 0 Å². The highest BCUT2D eigenvalue weighted by molar-refractivity contribution is 6.29. The molecule has 12 nitrogen and oxygen atoms in total. The first-order valence-corrected chi connectivity index (χ1v) is 32.0. The molecule has 0 saturated carbocycles. The van der Waals surface area contributed by atoms with Crippen molar-refractivity contribution in [3.63, 3.8) is 0 Å². The van der Waals surface area contributed by atoms with Crippen molar-refractivity contribution < 1.29 is 11.0 Å². The normalized spacial score (nSPS) is 12.0. The van der Waals surface area contributed by atoms with Gasteiger partial charge in [0.2, 0.25) is 21.1 Å². The molecule has 0 fully saturated rings. The molecule has 468 valence electrons. The van der Waals surface area contributed by atoms with Crippen LogP contribution in [0.25, 0.3) is 145 Å². The van der Waals surface area contributed by atoms with E-state index in [2.05, 4.69) is 140 Å². The van der Waals surface area contributed by atoms with E-state index in [0.717, 1.165) is 65.7 Å². The first-order chi connectivity index (χ1) is 51.5. The summed E-state index contributed by atoms with van der Waals surface area (Å²) < 4.78 is 63.1. The second kappa shape index (κ2) is 29.8. The van der Waals surface area contributed by atoms with Gasteiger partial charge in [-0.25, -0.2) is 19.9 Å². The van der Waals surface area contributed by atoms with E-state index in [1.807, 2.05) is 146 Å². The van der Waals surface area contributed by atoms with Crippen molar-refractivity contribution in [3.05, 3.63) is 336 Å². The highest BCUT2D eigenvalue weighted by Crippen LogP contribution is 2.33. The summed E-state index contributed by atoms with van der Waals surface area (Å²) in [7, 11) is 0. The topological polar surface area (TPSA) is 155 Å². The summed E-state index contributed by atoms with van der Waals surface area (Å²) in [5.41, 5.74) is 6.83. The monoisotopic (exact) mass is 1350 g/mol. The van der Waals surface area contributed by atoms with Gasteiger partial charge in [0, 0.05) is 44.5 Å². The molecule has 17 rings (SSSR count). The second-order valence-electron chi connectivity index (χ2n) is 21.6. The number of hydrogen-bond acceptors (Lipinski definition) is 12. The third kappa shape index (κ3) is 15.1. The van der Waals surface area contributed by atoms with Gasteiger partial charge in [-0.2, -0.15) is 39.9 Å². The minimum Gasteiger partial charge on any atom is -0.208 e. The van der Waals surface area contributed by atoms with Gasteiger partial charge in [-0.15, -0.1) is 0 Å². The summed E-state index contributed by atoms with van der Waals surface area (Å²) >= 11 is 24.6. The molecule has 0 amide bonds. The fourth-order valence-corrected chi connectivity index (χ4v) is 11.3. The van der Waals surface area contributed by atoms with E-state index in [-0.39, 0.29) is 80.4 Å². The summed E-state index contributed by atoms with van der Waals surface area (Å²) in [4.78, 5) is 52.2. The highest BCUT2D eigenvalue weighted by atomic mass is 35.5. The van der Waals surface area contributed by atoms with E-state index in [1.165, 1.54) is 22.9 Å². The zero-order valence-corrected chi connectivity index (χ0v) is 54.3. The van der Waals surface area contributed by atoms with Crippen LogP contribution in [0.4, 0.5) is 0 Å². The van der Waals surface area contributed by atoms with Crippen LogP contribution in [0.2, 0.25) is 21.1 Å².